The highest BCUT2D eigenvalue weighted by Crippen LogP contribution is 2.42. The lowest BCUT2D eigenvalue weighted by molar-refractivity contribution is -0.116. The first-order valence-electron chi connectivity index (χ1n) is 8.14. The van der Waals surface area contributed by atoms with E-state index in [1.54, 1.807) is 0 Å². The molecule has 3 N–H and O–H groups in total. The molecule has 0 radical (unpaired) electrons. The van der Waals surface area contributed by atoms with Crippen LogP contribution in [0.5, 0.6) is 0 Å². The predicted molar refractivity (Wildman–Crippen MR) is 103 cm³/mol. The average molecular weight is 357 g/mol. The van der Waals surface area contributed by atoms with E-state index in [9.17, 15) is 4.79 Å². The summed E-state index contributed by atoms with van der Waals surface area (Å²) in [5.74, 6) is 0.527. The number of benzene rings is 1. The van der Waals surface area contributed by atoms with E-state index in [2.05, 4.69) is 68.0 Å². The van der Waals surface area contributed by atoms with Crippen LogP contribution in [0.15, 0.2) is 23.4 Å². The number of carbonyl (C=O) groups is 1. The van der Waals surface area contributed by atoms with Gasteiger partial charge in [-0.2, -0.15) is 4.98 Å². The van der Waals surface area contributed by atoms with Crippen LogP contribution < -0.4 is 10.6 Å². The van der Waals surface area contributed by atoms with E-state index >= 15 is 0 Å². The van der Waals surface area contributed by atoms with Gasteiger partial charge in [0.2, 0.25) is 17.0 Å². The highest BCUT2D eigenvalue weighted by atomic mass is 32.2. The number of H-pyrrole nitrogens is 1. The number of allylic oxidation sites excluding steroid dienone is 1. The van der Waals surface area contributed by atoms with Gasteiger partial charge in [-0.1, -0.05) is 29.5 Å². The summed E-state index contributed by atoms with van der Waals surface area (Å²) in [5, 5.41) is 7.04. The Morgan fingerprint density at radius 3 is 2.68 bits per heavy atom. The fraction of sp³-hybridized carbons (Fsp3) is 0.389. The molecule has 0 spiro atoms. The van der Waals surface area contributed by atoms with E-state index in [0.717, 1.165) is 16.8 Å². The number of aryl methyl sites for hydroxylation is 2. The first kappa shape index (κ1) is 17.5. The number of amides is 1. The fourth-order valence-electron chi connectivity index (χ4n) is 3.48. The molecule has 1 aromatic carbocycles. The molecule has 0 saturated carbocycles. The smallest absolute Gasteiger partial charge is 0.238 e. The summed E-state index contributed by atoms with van der Waals surface area (Å²) < 4.78 is 0. The number of nitrogens with zero attached hydrogens (tertiary/aromatic N) is 3. The Labute approximate surface area is 151 Å². The van der Waals surface area contributed by atoms with Gasteiger partial charge in [0.1, 0.15) is 0 Å². The van der Waals surface area contributed by atoms with E-state index in [0.29, 0.717) is 5.16 Å². The van der Waals surface area contributed by atoms with Crippen LogP contribution in [0.4, 0.5) is 11.6 Å². The third-order valence-corrected chi connectivity index (χ3v) is 5.13. The summed E-state index contributed by atoms with van der Waals surface area (Å²) in [6, 6.07) is 4.27. The SMILES string of the molecule is CC1=CC(C)(C)N(C(=O)CSc2n[nH]c(N)n2)c2c(C)cc(C)cc21. The lowest BCUT2D eigenvalue weighted by atomic mass is 9.86. The molecule has 2 heterocycles. The van der Waals surface area contributed by atoms with E-state index in [1.807, 2.05) is 4.90 Å². The minimum atomic E-state index is -0.396. The maximum Gasteiger partial charge on any atom is 0.238 e. The molecule has 25 heavy (non-hydrogen) atoms. The second-order valence-electron chi connectivity index (χ2n) is 6.98. The summed E-state index contributed by atoms with van der Waals surface area (Å²) in [5.41, 5.74) is 10.8. The zero-order chi connectivity index (χ0) is 18.4. The van der Waals surface area contributed by atoms with Crippen molar-refractivity contribution in [3.63, 3.8) is 0 Å². The van der Waals surface area contributed by atoms with Crippen LogP contribution >= 0.6 is 11.8 Å². The van der Waals surface area contributed by atoms with Crippen LogP contribution in [-0.2, 0) is 4.79 Å². The molecule has 2 aromatic rings. The van der Waals surface area contributed by atoms with Crippen molar-refractivity contribution in [1.82, 2.24) is 15.2 Å². The van der Waals surface area contributed by atoms with Gasteiger partial charge in [0, 0.05) is 5.56 Å². The molecule has 1 aliphatic heterocycles. The largest absolute Gasteiger partial charge is 0.368 e. The summed E-state index contributed by atoms with van der Waals surface area (Å²) in [7, 11) is 0. The van der Waals surface area contributed by atoms with E-state index in [1.165, 1.54) is 22.9 Å². The van der Waals surface area contributed by atoms with Gasteiger partial charge in [-0.15, -0.1) is 5.10 Å². The van der Waals surface area contributed by atoms with E-state index in [4.69, 9.17) is 5.73 Å². The van der Waals surface area contributed by atoms with Gasteiger partial charge in [0.15, 0.2) is 0 Å². The number of fused-ring (bicyclic) bond motifs is 1. The summed E-state index contributed by atoms with van der Waals surface area (Å²) in [4.78, 5) is 19.0. The number of nitrogen functional groups attached to an aromatic ring is 1. The van der Waals surface area contributed by atoms with Crippen molar-refractivity contribution in [2.24, 2.45) is 0 Å². The molecule has 0 unspecified atom stereocenters. The normalized spacial score (nSPS) is 15.7. The molecular weight excluding hydrogens is 334 g/mol. The molecule has 132 valence electrons. The van der Waals surface area contributed by atoms with Gasteiger partial charge in [-0.3, -0.25) is 4.79 Å². The molecule has 1 aromatic heterocycles. The van der Waals surface area contributed by atoms with Gasteiger partial charge < -0.3 is 10.6 Å². The van der Waals surface area contributed by atoms with Crippen LogP contribution in [0.3, 0.4) is 0 Å². The minimum absolute atomic E-state index is 0.0234. The lowest BCUT2D eigenvalue weighted by Crippen LogP contribution is -2.50. The summed E-state index contributed by atoms with van der Waals surface area (Å²) >= 11 is 1.28. The molecule has 0 bridgehead atoms. The molecule has 1 aliphatic rings. The highest BCUT2D eigenvalue weighted by molar-refractivity contribution is 7.99. The van der Waals surface area contributed by atoms with Crippen LogP contribution in [0, 0.1) is 13.8 Å². The van der Waals surface area contributed by atoms with Crippen molar-refractivity contribution in [3.05, 3.63) is 34.9 Å². The number of rotatable bonds is 3. The lowest BCUT2D eigenvalue weighted by Gasteiger charge is -2.42. The molecule has 0 fully saturated rings. The number of aromatic amines is 1. The third kappa shape index (κ3) is 3.28. The zero-order valence-corrected chi connectivity index (χ0v) is 16.0. The van der Waals surface area contributed by atoms with E-state index < -0.39 is 5.54 Å². The third-order valence-electron chi connectivity index (χ3n) is 4.30. The first-order valence-corrected chi connectivity index (χ1v) is 9.12. The quantitative estimate of drug-likeness (QED) is 0.823. The van der Waals surface area contributed by atoms with Crippen LogP contribution in [0.2, 0.25) is 0 Å². The van der Waals surface area contributed by atoms with E-state index in [-0.39, 0.29) is 17.6 Å². The summed E-state index contributed by atoms with van der Waals surface area (Å²) in [6.45, 7) is 10.4. The number of thioether (sulfide) groups is 1. The average Bonchev–Trinajstić information content (AvgIpc) is 2.91. The number of anilines is 2. The number of nitrogens with two attached hydrogens (primary N) is 1. The molecule has 0 atom stereocenters. The minimum Gasteiger partial charge on any atom is -0.368 e. The highest BCUT2D eigenvalue weighted by Gasteiger charge is 2.36. The Kier molecular flexibility index (Phi) is 4.36. The van der Waals surface area contributed by atoms with Crippen molar-refractivity contribution >= 4 is 34.9 Å². The Morgan fingerprint density at radius 1 is 1.32 bits per heavy atom. The summed E-state index contributed by atoms with van der Waals surface area (Å²) in [6.07, 6.45) is 2.15. The second kappa shape index (κ2) is 6.22. The molecule has 0 saturated heterocycles. The maximum atomic E-state index is 13.1. The van der Waals surface area contributed by atoms with Gasteiger partial charge in [0.25, 0.3) is 0 Å². The zero-order valence-electron chi connectivity index (χ0n) is 15.2. The van der Waals surface area contributed by atoms with Crippen molar-refractivity contribution in [2.45, 2.75) is 45.3 Å². The predicted octanol–water partition coefficient (Wildman–Crippen LogP) is 3.32. The van der Waals surface area contributed by atoms with Gasteiger partial charge in [0.05, 0.1) is 17.0 Å². The van der Waals surface area contributed by atoms with Crippen LogP contribution in [-0.4, -0.2) is 32.4 Å². The maximum absolute atomic E-state index is 13.1. The standard InChI is InChI=1S/C18H23N5OS/c1-10-6-11(2)15-13(7-10)12(3)8-18(4,5)23(15)14(24)9-25-17-20-16(19)21-22-17/h6-8H,9H2,1-5H3,(H3,19,20,21,22). The number of hydrogen-bond acceptors (Lipinski definition) is 5. The second-order valence-corrected chi connectivity index (χ2v) is 7.92. The molecule has 6 nitrogen and oxygen atoms in total. The molecule has 7 heteroatoms. The number of carbonyl (C=O) groups excluding carboxylic acids is 1. The topological polar surface area (TPSA) is 87.9 Å². The number of hydrogen-bond donors (Lipinski definition) is 2. The Hall–Kier alpha value is -2.28. The first-order chi connectivity index (χ1) is 11.7. The van der Waals surface area contributed by atoms with Crippen molar-refractivity contribution < 1.29 is 4.79 Å². The number of nitrogens with one attached hydrogen (secondary N) is 1. The number of aromatic nitrogens is 3. The van der Waals surface area contributed by atoms with Gasteiger partial charge >= 0.3 is 0 Å². The Balaban J connectivity index is 1.95. The fourth-order valence-corrected chi connectivity index (χ4v) is 4.13. The van der Waals surface area contributed by atoms with Crippen molar-refractivity contribution in [1.29, 1.82) is 0 Å². The van der Waals surface area contributed by atoms with Crippen LogP contribution in [0.25, 0.3) is 5.57 Å². The van der Waals surface area contributed by atoms with Crippen molar-refractivity contribution in [3.8, 4) is 0 Å². The Bertz CT molecular complexity index is 868. The van der Waals surface area contributed by atoms with Gasteiger partial charge in [-0.25, -0.2) is 5.10 Å². The molecule has 0 aliphatic carbocycles. The van der Waals surface area contributed by atoms with Gasteiger partial charge in [-0.05, 0) is 51.8 Å². The Morgan fingerprint density at radius 2 is 2.04 bits per heavy atom. The molecule has 1 amide bonds. The molecule has 3 rings (SSSR count). The monoisotopic (exact) mass is 357 g/mol. The molecular formula is C18H23N5OS. The van der Waals surface area contributed by atoms with Crippen LogP contribution in [0.1, 0.15) is 37.5 Å². The van der Waals surface area contributed by atoms with Crippen molar-refractivity contribution in [2.75, 3.05) is 16.4 Å².